The number of carbonyl (C=O) groups excluding carboxylic acids is 2. The zero-order valence-corrected chi connectivity index (χ0v) is 27.4. The van der Waals surface area contributed by atoms with Gasteiger partial charge in [0.15, 0.2) is 0 Å². The first-order valence-corrected chi connectivity index (χ1v) is 16.7. The highest BCUT2D eigenvalue weighted by molar-refractivity contribution is 7.92. The van der Waals surface area contributed by atoms with Gasteiger partial charge in [0.2, 0.25) is 11.8 Å². The van der Waals surface area contributed by atoms with Crippen molar-refractivity contribution in [2.24, 2.45) is 0 Å². The maximum absolute atomic E-state index is 14.3. The van der Waals surface area contributed by atoms with Crippen molar-refractivity contribution in [3.8, 4) is 17.2 Å². The normalized spacial score (nSPS) is 12.4. The Labute approximate surface area is 271 Å². The lowest BCUT2D eigenvalue weighted by atomic mass is 10.1. The number of amides is 2. The third-order valence-corrected chi connectivity index (χ3v) is 9.38. The molecular weight excluding hydrogens is 602 g/mol. The Kier molecular flexibility index (Phi) is 11.8. The Morgan fingerprint density at radius 2 is 1.39 bits per heavy atom. The summed E-state index contributed by atoms with van der Waals surface area (Å²) >= 11 is 0. The fourth-order valence-electron chi connectivity index (χ4n) is 4.88. The minimum Gasteiger partial charge on any atom is -0.497 e. The number of hydrogen-bond acceptors (Lipinski definition) is 6. The van der Waals surface area contributed by atoms with Gasteiger partial charge in [-0.25, -0.2) is 8.42 Å². The van der Waals surface area contributed by atoms with Crippen LogP contribution >= 0.6 is 0 Å². The zero-order valence-electron chi connectivity index (χ0n) is 26.6. The van der Waals surface area contributed by atoms with Crippen LogP contribution in [0.4, 0.5) is 5.69 Å². The summed E-state index contributed by atoms with van der Waals surface area (Å²) in [7, 11) is -2.63. The number of sulfonamides is 1. The number of carbonyl (C=O) groups is 2. The van der Waals surface area contributed by atoms with Crippen molar-refractivity contribution in [2.75, 3.05) is 18.0 Å². The highest BCUT2D eigenvalue weighted by Crippen LogP contribution is 2.29. The average Bonchev–Trinajstić information content (AvgIpc) is 3.08. The number of rotatable bonds is 15. The predicted octanol–water partition coefficient (Wildman–Crippen LogP) is 6.40. The molecule has 2 amide bonds. The van der Waals surface area contributed by atoms with Crippen LogP contribution in [0.5, 0.6) is 17.2 Å². The second-order valence-corrected chi connectivity index (χ2v) is 12.7. The fraction of sp³-hybridized carbons (Fsp3) is 0.278. The van der Waals surface area contributed by atoms with Crippen LogP contribution in [0.3, 0.4) is 0 Å². The third-order valence-electron chi connectivity index (χ3n) is 7.59. The molecule has 0 radical (unpaired) electrons. The smallest absolute Gasteiger partial charge is 0.264 e. The minimum atomic E-state index is -4.19. The summed E-state index contributed by atoms with van der Waals surface area (Å²) in [4.78, 5) is 29.3. The van der Waals surface area contributed by atoms with Crippen LogP contribution in [0.15, 0.2) is 114 Å². The maximum atomic E-state index is 14.3. The van der Waals surface area contributed by atoms with Crippen LogP contribution < -0.4 is 19.1 Å². The van der Waals surface area contributed by atoms with E-state index in [0.29, 0.717) is 23.7 Å². The van der Waals surface area contributed by atoms with Crippen LogP contribution in [0.25, 0.3) is 0 Å². The lowest BCUT2D eigenvalue weighted by Crippen LogP contribution is -2.53. The summed E-state index contributed by atoms with van der Waals surface area (Å²) in [6, 6.07) is 30.0. The average molecular weight is 644 g/mol. The third kappa shape index (κ3) is 8.66. The van der Waals surface area contributed by atoms with E-state index in [0.717, 1.165) is 16.3 Å². The number of nitrogens with one attached hydrogen (secondary N) is 1. The molecule has 0 fully saturated rings. The summed E-state index contributed by atoms with van der Waals surface area (Å²) in [6.07, 6.45) is 1.05. The molecule has 4 aromatic rings. The van der Waals surface area contributed by atoms with Crippen LogP contribution in [0.2, 0.25) is 0 Å². The van der Waals surface area contributed by atoms with Gasteiger partial charge in [-0.1, -0.05) is 62.4 Å². The molecule has 1 N–H and O–H groups in total. The van der Waals surface area contributed by atoms with Crippen molar-refractivity contribution in [1.82, 2.24) is 10.2 Å². The van der Waals surface area contributed by atoms with Gasteiger partial charge in [-0.05, 0) is 86.0 Å². The molecule has 4 rings (SSSR count). The number of ether oxygens (including phenoxy) is 2. The lowest BCUT2D eigenvalue weighted by Gasteiger charge is -2.33. The quantitative estimate of drug-likeness (QED) is 0.161. The molecular formula is C36H41N3O6S. The number of anilines is 1. The molecule has 0 spiro atoms. The minimum absolute atomic E-state index is 0.0355. The summed E-state index contributed by atoms with van der Waals surface area (Å²) in [6.45, 7) is 5.24. The van der Waals surface area contributed by atoms with E-state index in [1.54, 1.807) is 61.7 Å². The molecule has 0 aliphatic rings. The van der Waals surface area contributed by atoms with Gasteiger partial charge in [-0.15, -0.1) is 0 Å². The Morgan fingerprint density at radius 3 is 2.00 bits per heavy atom. The van der Waals surface area contributed by atoms with E-state index in [-0.39, 0.29) is 29.1 Å². The van der Waals surface area contributed by atoms with E-state index >= 15 is 0 Å². The molecule has 4 aromatic carbocycles. The van der Waals surface area contributed by atoms with Crippen molar-refractivity contribution in [3.63, 3.8) is 0 Å². The SMILES string of the molecule is CC[C@@H](C)NC(=O)[C@@H](CC)N(Cc1cccc(OC)c1)C(=O)CN(c1ccc(Oc2ccccc2)cc1)S(=O)(=O)c1ccccc1. The van der Waals surface area contributed by atoms with Gasteiger partial charge < -0.3 is 19.7 Å². The Hall–Kier alpha value is -4.83. The van der Waals surface area contributed by atoms with Crippen LogP contribution in [-0.4, -0.2) is 50.9 Å². The first-order valence-electron chi connectivity index (χ1n) is 15.3. The van der Waals surface area contributed by atoms with Gasteiger partial charge in [0.1, 0.15) is 29.8 Å². The van der Waals surface area contributed by atoms with Gasteiger partial charge in [-0.3, -0.25) is 13.9 Å². The first-order chi connectivity index (χ1) is 22.2. The van der Waals surface area contributed by atoms with E-state index in [1.165, 1.54) is 17.0 Å². The van der Waals surface area contributed by atoms with Crippen LogP contribution in [0.1, 0.15) is 39.2 Å². The molecule has 242 valence electrons. The lowest BCUT2D eigenvalue weighted by molar-refractivity contribution is -0.140. The summed E-state index contributed by atoms with van der Waals surface area (Å²) < 4.78 is 40.6. The van der Waals surface area contributed by atoms with Gasteiger partial charge in [0.25, 0.3) is 10.0 Å². The first kappa shape index (κ1) is 34.1. The monoisotopic (exact) mass is 643 g/mol. The van der Waals surface area contributed by atoms with E-state index in [2.05, 4.69) is 5.32 Å². The number of methoxy groups -OCH3 is 1. The van der Waals surface area contributed by atoms with Crippen molar-refractivity contribution in [2.45, 2.75) is 57.1 Å². The molecule has 0 bridgehead atoms. The zero-order chi connectivity index (χ0) is 33.1. The number of nitrogens with zero attached hydrogens (tertiary/aromatic N) is 2. The Bertz CT molecular complexity index is 1680. The van der Waals surface area contributed by atoms with Crippen molar-refractivity contribution < 1.29 is 27.5 Å². The molecule has 0 aromatic heterocycles. The molecule has 0 aliphatic carbocycles. The second-order valence-electron chi connectivity index (χ2n) is 10.8. The van der Waals surface area contributed by atoms with Crippen LogP contribution in [0, 0.1) is 0 Å². The molecule has 2 atom stereocenters. The van der Waals surface area contributed by atoms with Gasteiger partial charge in [0.05, 0.1) is 17.7 Å². The van der Waals surface area contributed by atoms with Crippen LogP contribution in [-0.2, 0) is 26.2 Å². The summed E-state index contributed by atoms with van der Waals surface area (Å²) in [5, 5.41) is 2.99. The van der Waals surface area contributed by atoms with Gasteiger partial charge in [0, 0.05) is 12.6 Å². The van der Waals surface area contributed by atoms with Gasteiger partial charge >= 0.3 is 0 Å². The molecule has 10 heteroatoms. The number of hydrogen-bond donors (Lipinski definition) is 1. The summed E-state index contributed by atoms with van der Waals surface area (Å²) in [5.41, 5.74) is 1.01. The summed E-state index contributed by atoms with van der Waals surface area (Å²) in [5.74, 6) is 0.915. The maximum Gasteiger partial charge on any atom is 0.264 e. The largest absolute Gasteiger partial charge is 0.497 e. The van der Waals surface area contributed by atoms with E-state index in [1.807, 2.05) is 63.2 Å². The fourth-order valence-corrected chi connectivity index (χ4v) is 6.32. The van der Waals surface area contributed by atoms with E-state index in [4.69, 9.17) is 9.47 Å². The van der Waals surface area contributed by atoms with E-state index in [9.17, 15) is 18.0 Å². The highest BCUT2D eigenvalue weighted by atomic mass is 32.2. The highest BCUT2D eigenvalue weighted by Gasteiger charge is 2.34. The standard InChI is InChI=1S/C36H41N3O6S/c1-5-27(3)37-36(41)34(6-2)38(25-28-14-13-17-32(24-28)44-4)35(40)26-39(46(42,43)33-18-11-8-12-19-33)29-20-22-31(23-21-29)45-30-15-9-7-10-16-30/h7-24,27,34H,5-6,25-26H2,1-4H3,(H,37,41)/t27-,34-/m1/s1. The Morgan fingerprint density at radius 1 is 0.783 bits per heavy atom. The molecule has 0 saturated heterocycles. The topological polar surface area (TPSA) is 105 Å². The molecule has 9 nitrogen and oxygen atoms in total. The Balaban J connectivity index is 1.72. The molecule has 46 heavy (non-hydrogen) atoms. The van der Waals surface area contributed by atoms with Crippen molar-refractivity contribution in [3.05, 3.63) is 115 Å². The van der Waals surface area contributed by atoms with E-state index < -0.39 is 28.5 Å². The molecule has 0 aliphatic heterocycles. The molecule has 0 unspecified atom stereocenters. The van der Waals surface area contributed by atoms with Crippen molar-refractivity contribution in [1.29, 1.82) is 0 Å². The van der Waals surface area contributed by atoms with Gasteiger partial charge in [-0.2, -0.15) is 0 Å². The van der Waals surface area contributed by atoms with Crippen molar-refractivity contribution >= 4 is 27.5 Å². The number of benzene rings is 4. The molecule has 0 saturated carbocycles. The number of para-hydroxylation sites is 1. The molecule has 0 heterocycles. The predicted molar refractivity (Wildman–Crippen MR) is 179 cm³/mol. The second kappa shape index (κ2) is 15.9.